The molecule has 0 bridgehead atoms. The quantitative estimate of drug-likeness (QED) is 0.469. The first-order valence-electron chi connectivity index (χ1n) is 3.34. The third kappa shape index (κ3) is 2.77. The summed E-state index contributed by atoms with van der Waals surface area (Å²) in [6.07, 6.45) is 0.502. The summed E-state index contributed by atoms with van der Waals surface area (Å²) in [5.74, 6) is -0.0417. The summed E-state index contributed by atoms with van der Waals surface area (Å²) in [5, 5.41) is 18.6. The summed E-state index contributed by atoms with van der Waals surface area (Å²) in [4.78, 5) is 9.82. The minimum atomic E-state index is -0.549. The lowest BCUT2D eigenvalue weighted by Gasteiger charge is -2.10. The zero-order chi connectivity index (χ0) is 8.15. The molecule has 0 aromatic heterocycles. The fourth-order valence-corrected chi connectivity index (χ4v) is 0.653. The molecule has 0 aromatic carbocycles. The van der Waals surface area contributed by atoms with E-state index in [-0.39, 0.29) is 17.4 Å². The van der Waals surface area contributed by atoms with E-state index >= 15 is 0 Å². The van der Waals surface area contributed by atoms with E-state index in [1.54, 1.807) is 13.8 Å². The first-order chi connectivity index (χ1) is 4.59. The average Bonchev–Trinajstić information content (AvgIpc) is 1.87. The highest BCUT2D eigenvalue weighted by Gasteiger charge is 2.20. The van der Waals surface area contributed by atoms with Gasteiger partial charge in [-0.2, -0.15) is 0 Å². The maximum atomic E-state index is 10.1. The molecule has 1 N–H and O–H groups in total. The van der Waals surface area contributed by atoms with Gasteiger partial charge in [-0.15, -0.1) is 0 Å². The van der Waals surface area contributed by atoms with Gasteiger partial charge in [0.1, 0.15) is 0 Å². The van der Waals surface area contributed by atoms with Crippen molar-refractivity contribution in [2.45, 2.75) is 26.3 Å². The smallest absolute Gasteiger partial charge is 0.213 e. The fourth-order valence-electron chi connectivity index (χ4n) is 0.653. The molecule has 0 rings (SSSR count). The molecule has 0 fully saturated rings. The lowest BCUT2D eigenvalue weighted by molar-refractivity contribution is -0.527. The number of hydrogen-bond acceptors (Lipinski definition) is 3. The SMILES string of the molecule is CC(CCO)C(C)[N+](=O)[O-]. The second-order valence-electron chi connectivity index (χ2n) is 2.52. The van der Waals surface area contributed by atoms with Crippen molar-refractivity contribution < 1.29 is 10.0 Å². The molecule has 0 aromatic rings. The van der Waals surface area contributed by atoms with E-state index in [1.165, 1.54) is 0 Å². The normalized spacial score (nSPS) is 16.3. The molecular weight excluding hydrogens is 134 g/mol. The molecule has 0 aliphatic heterocycles. The lowest BCUT2D eigenvalue weighted by Crippen LogP contribution is -2.24. The van der Waals surface area contributed by atoms with Crippen LogP contribution in [0.25, 0.3) is 0 Å². The van der Waals surface area contributed by atoms with Gasteiger partial charge < -0.3 is 5.11 Å². The third-order valence-corrected chi connectivity index (χ3v) is 1.74. The van der Waals surface area contributed by atoms with Crippen molar-refractivity contribution in [3.63, 3.8) is 0 Å². The fraction of sp³-hybridized carbons (Fsp3) is 1.00. The number of hydrogen-bond donors (Lipinski definition) is 1. The topological polar surface area (TPSA) is 63.4 Å². The van der Waals surface area contributed by atoms with E-state index in [2.05, 4.69) is 0 Å². The molecular formula is C6H13NO3. The summed E-state index contributed by atoms with van der Waals surface area (Å²) in [6.45, 7) is 3.35. The molecule has 0 amide bonds. The second kappa shape index (κ2) is 4.22. The van der Waals surface area contributed by atoms with Gasteiger partial charge in [-0.05, 0) is 6.42 Å². The molecule has 4 nitrogen and oxygen atoms in total. The molecule has 0 saturated carbocycles. The van der Waals surface area contributed by atoms with Gasteiger partial charge in [0, 0.05) is 24.4 Å². The van der Waals surface area contributed by atoms with Crippen LogP contribution in [-0.2, 0) is 0 Å². The molecule has 0 aliphatic carbocycles. The first kappa shape index (κ1) is 9.36. The molecule has 0 aliphatic rings. The molecule has 0 radical (unpaired) electrons. The molecule has 2 atom stereocenters. The highest BCUT2D eigenvalue weighted by molar-refractivity contribution is 4.58. The van der Waals surface area contributed by atoms with Gasteiger partial charge in [-0.3, -0.25) is 10.1 Å². The highest BCUT2D eigenvalue weighted by Crippen LogP contribution is 2.09. The Hall–Kier alpha value is -0.640. The van der Waals surface area contributed by atoms with E-state index in [1.807, 2.05) is 0 Å². The Morgan fingerprint density at radius 3 is 2.40 bits per heavy atom. The van der Waals surface area contributed by atoms with Gasteiger partial charge in [0.15, 0.2) is 0 Å². The molecule has 10 heavy (non-hydrogen) atoms. The van der Waals surface area contributed by atoms with Crippen LogP contribution in [0, 0.1) is 16.0 Å². The maximum Gasteiger partial charge on any atom is 0.213 e. The van der Waals surface area contributed by atoms with Gasteiger partial charge in [-0.1, -0.05) is 6.92 Å². The number of nitro groups is 1. The second-order valence-corrected chi connectivity index (χ2v) is 2.52. The van der Waals surface area contributed by atoms with E-state index in [4.69, 9.17) is 5.11 Å². The van der Waals surface area contributed by atoms with E-state index < -0.39 is 6.04 Å². The Morgan fingerprint density at radius 1 is 1.60 bits per heavy atom. The summed E-state index contributed by atoms with van der Waals surface area (Å²) in [5.41, 5.74) is 0. The Bertz CT molecular complexity index is 116. The monoisotopic (exact) mass is 147 g/mol. The minimum absolute atomic E-state index is 0.0271. The van der Waals surface area contributed by atoms with E-state index in [9.17, 15) is 10.1 Å². The Balaban J connectivity index is 3.69. The van der Waals surface area contributed by atoms with Crippen LogP contribution in [0.15, 0.2) is 0 Å². The minimum Gasteiger partial charge on any atom is -0.396 e. The molecule has 60 valence electrons. The standard InChI is InChI=1S/C6H13NO3/c1-5(3-4-8)6(2)7(9)10/h5-6,8H,3-4H2,1-2H3. The molecule has 2 unspecified atom stereocenters. The summed E-state index contributed by atoms with van der Waals surface area (Å²) in [6, 6.07) is -0.549. The Kier molecular flexibility index (Phi) is 3.95. The Morgan fingerprint density at radius 2 is 2.10 bits per heavy atom. The first-order valence-corrected chi connectivity index (χ1v) is 3.34. The third-order valence-electron chi connectivity index (χ3n) is 1.74. The van der Waals surface area contributed by atoms with Crippen LogP contribution in [0.5, 0.6) is 0 Å². The van der Waals surface area contributed by atoms with Gasteiger partial charge in [0.05, 0.1) is 0 Å². The molecule has 0 saturated heterocycles. The van der Waals surface area contributed by atoms with Gasteiger partial charge in [0.25, 0.3) is 0 Å². The molecule has 0 heterocycles. The van der Waals surface area contributed by atoms with Gasteiger partial charge >= 0.3 is 0 Å². The number of aliphatic hydroxyl groups is 1. The summed E-state index contributed by atoms with van der Waals surface area (Å²) >= 11 is 0. The van der Waals surface area contributed by atoms with Crippen LogP contribution in [0.4, 0.5) is 0 Å². The average molecular weight is 147 g/mol. The number of rotatable bonds is 4. The van der Waals surface area contributed by atoms with E-state index in [0.29, 0.717) is 6.42 Å². The number of nitrogens with zero attached hydrogens (tertiary/aromatic N) is 1. The van der Waals surface area contributed by atoms with Crippen LogP contribution in [-0.4, -0.2) is 22.7 Å². The summed E-state index contributed by atoms with van der Waals surface area (Å²) in [7, 11) is 0. The van der Waals surface area contributed by atoms with Crippen molar-refractivity contribution in [1.82, 2.24) is 0 Å². The van der Waals surface area contributed by atoms with E-state index in [0.717, 1.165) is 0 Å². The van der Waals surface area contributed by atoms with Crippen molar-refractivity contribution >= 4 is 0 Å². The predicted molar refractivity (Wildman–Crippen MR) is 37.3 cm³/mol. The van der Waals surface area contributed by atoms with Crippen molar-refractivity contribution in [3.05, 3.63) is 10.1 Å². The lowest BCUT2D eigenvalue weighted by atomic mass is 10.0. The zero-order valence-corrected chi connectivity index (χ0v) is 6.28. The van der Waals surface area contributed by atoms with Crippen LogP contribution < -0.4 is 0 Å². The highest BCUT2D eigenvalue weighted by atomic mass is 16.6. The maximum absolute atomic E-state index is 10.1. The summed E-state index contributed by atoms with van der Waals surface area (Å²) < 4.78 is 0. The van der Waals surface area contributed by atoms with Crippen molar-refractivity contribution in [2.75, 3.05) is 6.61 Å². The Labute approximate surface area is 60.0 Å². The largest absolute Gasteiger partial charge is 0.396 e. The number of aliphatic hydroxyl groups excluding tert-OH is 1. The zero-order valence-electron chi connectivity index (χ0n) is 6.28. The van der Waals surface area contributed by atoms with Crippen molar-refractivity contribution in [3.8, 4) is 0 Å². The van der Waals surface area contributed by atoms with Gasteiger partial charge in [0.2, 0.25) is 6.04 Å². The van der Waals surface area contributed by atoms with Crippen LogP contribution in [0.2, 0.25) is 0 Å². The van der Waals surface area contributed by atoms with Crippen molar-refractivity contribution in [2.24, 2.45) is 5.92 Å². The predicted octanol–water partition coefficient (Wildman–Crippen LogP) is 0.670. The van der Waals surface area contributed by atoms with Crippen LogP contribution in [0.1, 0.15) is 20.3 Å². The molecule has 0 spiro atoms. The van der Waals surface area contributed by atoms with Crippen molar-refractivity contribution in [1.29, 1.82) is 0 Å². The van der Waals surface area contributed by atoms with Crippen LogP contribution in [0.3, 0.4) is 0 Å². The molecule has 4 heteroatoms. The van der Waals surface area contributed by atoms with Crippen LogP contribution >= 0.6 is 0 Å². The van der Waals surface area contributed by atoms with Gasteiger partial charge in [-0.25, -0.2) is 0 Å².